The number of hydrogen-bond acceptors (Lipinski definition) is 4. The molecule has 1 aliphatic heterocycles. The Hall–Kier alpha value is -2.99. The highest BCUT2D eigenvalue weighted by atomic mass is 35.5. The van der Waals surface area contributed by atoms with Gasteiger partial charge in [-0.15, -0.1) is 0 Å². The number of nitrogens with one attached hydrogen (secondary N) is 2. The number of rotatable bonds is 4. The van der Waals surface area contributed by atoms with Gasteiger partial charge in [0.15, 0.2) is 0 Å². The smallest absolute Gasteiger partial charge is 0.319 e. The Balaban J connectivity index is 1.39. The molecule has 1 saturated heterocycles. The summed E-state index contributed by atoms with van der Waals surface area (Å²) in [6.45, 7) is 1.62. The average molecular weight is 397 g/mol. The highest BCUT2D eigenvalue weighted by Gasteiger charge is 2.25. The van der Waals surface area contributed by atoms with Crippen LogP contribution in [0.1, 0.15) is 6.42 Å². The first-order valence-corrected chi connectivity index (χ1v) is 9.51. The molecule has 2 aromatic carbocycles. The predicted octanol–water partition coefficient (Wildman–Crippen LogP) is 4.30. The number of nitrogens with zero attached hydrogens (tertiary/aromatic N) is 2. The molecule has 1 aromatic heterocycles. The van der Waals surface area contributed by atoms with Gasteiger partial charge in [0.1, 0.15) is 5.75 Å². The van der Waals surface area contributed by atoms with Crippen LogP contribution < -0.4 is 20.3 Å². The fourth-order valence-electron chi connectivity index (χ4n) is 3.51. The van der Waals surface area contributed by atoms with Crippen molar-refractivity contribution in [2.45, 2.75) is 12.5 Å². The van der Waals surface area contributed by atoms with Crippen molar-refractivity contribution >= 4 is 39.9 Å². The number of hydrogen-bond donors (Lipinski definition) is 2. The lowest BCUT2D eigenvalue weighted by Gasteiger charge is -2.21. The average Bonchev–Trinajstić information content (AvgIpc) is 3.16. The lowest BCUT2D eigenvalue weighted by molar-refractivity contribution is 0.249. The molecule has 2 heterocycles. The summed E-state index contributed by atoms with van der Waals surface area (Å²) in [4.78, 5) is 19.0. The molecular weight excluding hydrogens is 376 g/mol. The molecule has 4 rings (SSSR count). The van der Waals surface area contributed by atoms with Gasteiger partial charge in [0, 0.05) is 47.1 Å². The summed E-state index contributed by atoms with van der Waals surface area (Å²) >= 11 is 6.08. The van der Waals surface area contributed by atoms with Gasteiger partial charge in [-0.25, -0.2) is 4.79 Å². The molecule has 1 fully saturated rings. The van der Waals surface area contributed by atoms with Gasteiger partial charge >= 0.3 is 6.03 Å². The topological polar surface area (TPSA) is 66.5 Å². The Morgan fingerprint density at radius 3 is 2.82 bits per heavy atom. The number of amides is 2. The maximum Gasteiger partial charge on any atom is 0.319 e. The fourth-order valence-corrected chi connectivity index (χ4v) is 3.67. The van der Waals surface area contributed by atoms with E-state index in [-0.39, 0.29) is 12.1 Å². The van der Waals surface area contributed by atoms with E-state index in [1.54, 1.807) is 13.3 Å². The molecule has 6 nitrogen and oxygen atoms in total. The van der Waals surface area contributed by atoms with Gasteiger partial charge in [-0.3, -0.25) is 4.98 Å². The minimum absolute atomic E-state index is 0.0776. The van der Waals surface area contributed by atoms with Gasteiger partial charge in [0.05, 0.1) is 12.6 Å². The monoisotopic (exact) mass is 396 g/mol. The van der Waals surface area contributed by atoms with E-state index in [1.807, 2.05) is 48.5 Å². The molecule has 7 heteroatoms. The number of halogens is 1. The van der Waals surface area contributed by atoms with E-state index in [0.29, 0.717) is 5.02 Å². The normalized spacial score (nSPS) is 16.2. The zero-order valence-electron chi connectivity index (χ0n) is 15.5. The standard InChI is InChI=1S/C21H21ClN4O2/c1-28-17-5-3-15(4-6-17)24-21(27)25-16-9-11-26(13-16)20-8-10-23-19-12-14(22)2-7-18(19)20/h2-8,10,12,16H,9,11,13H2,1H3,(H2,24,25,27). The van der Waals surface area contributed by atoms with Crippen molar-refractivity contribution in [2.24, 2.45) is 0 Å². The van der Waals surface area contributed by atoms with Crippen molar-refractivity contribution < 1.29 is 9.53 Å². The van der Waals surface area contributed by atoms with Crippen molar-refractivity contribution in [1.82, 2.24) is 10.3 Å². The lowest BCUT2D eigenvalue weighted by Crippen LogP contribution is -2.39. The fraction of sp³-hybridized carbons (Fsp3) is 0.238. The highest BCUT2D eigenvalue weighted by molar-refractivity contribution is 6.31. The molecule has 1 aliphatic rings. The van der Waals surface area contributed by atoms with Crippen molar-refractivity contribution in [3.8, 4) is 5.75 Å². The van der Waals surface area contributed by atoms with Crippen molar-refractivity contribution in [2.75, 3.05) is 30.4 Å². The first-order valence-electron chi connectivity index (χ1n) is 9.13. The van der Waals surface area contributed by atoms with Crippen LogP contribution >= 0.6 is 11.6 Å². The van der Waals surface area contributed by atoms with E-state index in [9.17, 15) is 4.79 Å². The molecule has 0 bridgehead atoms. The maximum absolute atomic E-state index is 12.3. The number of urea groups is 1. The van der Waals surface area contributed by atoms with Gasteiger partial charge in [0.25, 0.3) is 0 Å². The second-order valence-electron chi connectivity index (χ2n) is 6.75. The Morgan fingerprint density at radius 1 is 1.21 bits per heavy atom. The van der Waals surface area contributed by atoms with Crippen LogP contribution in [0.25, 0.3) is 10.9 Å². The van der Waals surface area contributed by atoms with E-state index in [2.05, 4.69) is 20.5 Å². The number of ether oxygens (including phenoxy) is 1. The Labute approximate surface area is 168 Å². The first-order chi connectivity index (χ1) is 13.6. The number of benzene rings is 2. The number of methoxy groups -OCH3 is 1. The quantitative estimate of drug-likeness (QED) is 0.690. The molecule has 28 heavy (non-hydrogen) atoms. The summed E-state index contributed by atoms with van der Waals surface area (Å²) in [6, 6.07) is 14.9. The van der Waals surface area contributed by atoms with Crippen LogP contribution in [0.2, 0.25) is 5.02 Å². The molecule has 0 radical (unpaired) electrons. The van der Waals surface area contributed by atoms with Crippen LogP contribution in [0, 0.1) is 0 Å². The number of fused-ring (bicyclic) bond motifs is 1. The third-order valence-electron chi connectivity index (χ3n) is 4.89. The number of carbonyl (C=O) groups is 1. The number of carbonyl (C=O) groups excluding carboxylic acids is 1. The lowest BCUT2D eigenvalue weighted by atomic mass is 10.2. The van der Waals surface area contributed by atoms with Crippen LogP contribution in [0.15, 0.2) is 54.7 Å². The number of aromatic nitrogens is 1. The van der Waals surface area contributed by atoms with Crippen LogP contribution in [0.5, 0.6) is 5.75 Å². The molecule has 0 saturated carbocycles. The van der Waals surface area contributed by atoms with Crippen molar-refractivity contribution in [3.63, 3.8) is 0 Å². The summed E-state index contributed by atoms with van der Waals surface area (Å²) in [6.07, 6.45) is 2.68. The molecule has 2 N–H and O–H groups in total. The van der Waals surface area contributed by atoms with Crippen LogP contribution in [-0.2, 0) is 0 Å². The number of anilines is 2. The van der Waals surface area contributed by atoms with Gasteiger partial charge in [0.2, 0.25) is 0 Å². The molecule has 144 valence electrons. The second kappa shape index (κ2) is 7.94. The zero-order valence-corrected chi connectivity index (χ0v) is 16.2. The Kier molecular flexibility index (Phi) is 5.21. The predicted molar refractivity (Wildman–Crippen MR) is 113 cm³/mol. The van der Waals surface area contributed by atoms with Crippen molar-refractivity contribution in [1.29, 1.82) is 0 Å². The van der Waals surface area contributed by atoms with Crippen LogP contribution in [0.4, 0.5) is 16.2 Å². The van der Waals surface area contributed by atoms with E-state index in [0.717, 1.165) is 47.5 Å². The number of pyridine rings is 1. The maximum atomic E-state index is 12.3. The summed E-state index contributed by atoms with van der Waals surface area (Å²) in [5.41, 5.74) is 2.71. The van der Waals surface area contributed by atoms with Gasteiger partial charge in [-0.2, -0.15) is 0 Å². The zero-order chi connectivity index (χ0) is 19.5. The highest BCUT2D eigenvalue weighted by Crippen LogP contribution is 2.29. The molecule has 0 spiro atoms. The molecule has 2 amide bonds. The summed E-state index contributed by atoms with van der Waals surface area (Å²) in [5.74, 6) is 0.753. The third-order valence-corrected chi connectivity index (χ3v) is 5.13. The van der Waals surface area contributed by atoms with E-state index >= 15 is 0 Å². The van der Waals surface area contributed by atoms with Gasteiger partial charge < -0.3 is 20.3 Å². The minimum atomic E-state index is -0.205. The third kappa shape index (κ3) is 3.97. The molecule has 3 aromatic rings. The van der Waals surface area contributed by atoms with Crippen molar-refractivity contribution in [3.05, 3.63) is 59.8 Å². The Morgan fingerprint density at radius 2 is 2.04 bits per heavy atom. The summed E-state index contributed by atoms with van der Waals surface area (Å²) in [5, 5.41) is 7.65. The van der Waals surface area contributed by atoms with E-state index in [1.165, 1.54) is 0 Å². The second-order valence-corrected chi connectivity index (χ2v) is 7.19. The molecule has 1 atom stereocenters. The minimum Gasteiger partial charge on any atom is -0.497 e. The SMILES string of the molecule is COc1ccc(NC(=O)NC2CCN(c3ccnc4cc(Cl)ccc34)C2)cc1. The molecule has 0 aliphatic carbocycles. The summed E-state index contributed by atoms with van der Waals surface area (Å²) < 4.78 is 5.13. The van der Waals surface area contributed by atoms with E-state index in [4.69, 9.17) is 16.3 Å². The van der Waals surface area contributed by atoms with Crippen LogP contribution in [0.3, 0.4) is 0 Å². The summed E-state index contributed by atoms with van der Waals surface area (Å²) in [7, 11) is 1.61. The first kappa shape index (κ1) is 18.4. The van der Waals surface area contributed by atoms with Gasteiger partial charge in [-0.05, 0) is 55.0 Å². The largest absolute Gasteiger partial charge is 0.497 e. The molecule has 1 unspecified atom stereocenters. The van der Waals surface area contributed by atoms with E-state index < -0.39 is 0 Å². The molecular formula is C21H21ClN4O2. The van der Waals surface area contributed by atoms with Gasteiger partial charge in [-0.1, -0.05) is 11.6 Å². The van der Waals surface area contributed by atoms with Crippen LogP contribution in [-0.4, -0.2) is 37.3 Å². The Bertz CT molecular complexity index is 993.